The molecule has 0 bridgehead atoms. The van der Waals surface area contributed by atoms with Crippen molar-refractivity contribution in [2.75, 3.05) is 12.4 Å². The minimum atomic E-state index is -3.66. The van der Waals surface area contributed by atoms with Crippen LogP contribution in [-0.2, 0) is 21.4 Å². The van der Waals surface area contributed by atoms with Gasteiger partial charge in [-0.25, -0.2) is 13.1 Å². The monoisotopic (exact) mass is 473 g/mol. The van der Waals surface area contributed by atoms with E-state index in [-0.39, 0.29) is 22.6 Å². The van der Waals surface area contributed by atoms with Gasteiger partial charge in [0.1, 0.15) is 21.3 Å². The maximum absolute atomic E-state index is 12.7. The second-order valence-corrected chi connectivity index (χ2v) is 10.5. The van der Waals surface area contributed by atoms with Crippen LogP contribution in [0.2, 0.25) is 0 Å². The van der Waals surface area contributed by atoms with Gasteiger partial charge >= 0.3 is 0 Å². The van der Waals surface area contributed by atoms with Crippen LogP contribution in [-0.4, -0.2) is 26.6 Å². The van der Waals surface area contributed by atoms with Gasteiger partial charge in [-0.1, -0.05) is 17.3 Å². The van der Waals surface area contributed by atoms with Crippen LogP contribution < -0.4 is 14.8 Å². The number of thiophene rings is 1. The van der Waals surface area contributed by atoms with Crippen LogP contribution in [0.3, 0.4) is 0 Å². The maximum atomic E-state index is 12.7. The number of sulfonamides is 1. The maximum Gasteiger partial charge on any atom is 0.250 e. The summed E-state index contributed by atoms with van der Waals surface area (Å²) in [5, 5.41) is 6.79. The molecule has 2 aromatic heterocycles. The zero-order chi connectivity index (χ0) is 22.7. The largest absolute Gasteiger partial charge is 0.497 e. The van der Waals surface area contributed by atoms with Crippen LogP contribution in [0.15, 0.2) is 45.1 Å². The van der Waals surface area contributed by atoms with Gasteiger partial charge in [-0.2, -0.15) is 0 Å². The molecule has 0 unspecified atom stereocenters. The summed E-state index contributed by atoms with van der Waals surface area (Å²) < 4.78 is 38.6. The SMILES string of the molecule is COc1cccc(CNS(=O)(=O)c2ccc(C=Cc3onc(C)c3NC(=O)C3CC3)s2)c1. The summed E-state index contributed by atoms with van der Waals surface area (Å²) in [6, 6.07) is 10.5. The summed E-state index contributed by atoms with van der Waals surface area (Å²) in [5.74, 6) is 1.12. The Bertz CT molecular complexity index is 1260. The molecule has 0 spiro atoms. The molecule has 4 rings (SSSR count). The van der Waals surface area contributed by atoms with Gasteiger partial charge in [0.2, 0.25) is 15.9 Å². The molecule has 8 nitrogen and oxygen atoms in total. The van der Waals surface area contributed by atoms with E-state index in [9.17, 15) is 13.2 Å². The van der Waals surface area contributed by atoms with Crippen LogP contribution in [0.1, 0.15) is 34.7 Å². The lowest BCUT2D eigenvalue weighted by molar-refractivity contribution is -0.117. The molecule has 32 heavy (non-hydrogen) atoms. The highest BCUT2D eigenvalue weighted by Crippen LogP contribution is 2.32. The fourth-order valence-electron chi connectivity index (χ4n) is 2.98. The van der Waals surface area contributed by atoms with E-state index < -0.39 is 10.0 Å². The third-order valence-corrected chi connectivity index (χ3v) is 7.90. The van der Waals surface area contributed by atoms with Crippen LogP contribution in [0, 0.1) is 12.8 Å². The number of hydrogen-bond donors (Lipinski definition) is 2. The Kier molecular flexibility index (Phi) is 6.45. The molecular formula is C22H23N3O5S2. The number of nitrogens with zero attached hydrogens (tertiary/aromatic N) is 1. The van der Waals surface area contributed by atoms with Crippen LogP contribution in [0.5, 0.6) is 5.75 Å². The van der Waals surface area contributed by atoms with E-state index in [4.69, 9.17) is 9.26 Å². The first-order valence-corrected chi connectivity index (χ1v) is 12.3. The minimum absolute atomic E-state index is 0.0300. The van der Waals surface area contributed by atoms with Crippen molar-refractivity contribution in [2.45, 2.75) is 30.5 Å². The number of hydrogen-bond acceptors (Lipinski definition) is 7. The summed E-state index contributed by atoms with van der Waals surface area (Å²) in [5.41, 5.74) is 1.93. The molecule has 3 aromatic rings. The number of carbonyl (C=O) groups excluding carboxylic acids is 1. The van der Waals surface area contributed by atoms with E-state index >= 15 is 0 Å². The molecule has 0 saturated heterocycles. The number of methoxy groups -OCH3 is 1. The number of amides is 1. The van der Waals surface area contributed by atoms with Crippen LogP contribution >= 0.6 is 11.3 Å². The van der Waals surface area contributed by atoms with E-state index in [2.05, 4.69) is 15.2 Å². The quantitative estimate of drug-likeness (QED) is 0.485. The third-order valence-electron chi connectivity index (χ3n) is 4.95. The first kappa shape index (κ1) is 22.3. The predicted octanol–water partition coefficient (Wildman–Crippen LogP) is 4.05. The number of aromatic nitrogens is 1. The lowest BCUT2D eigenvalue weighted by Gasteiger charge is -2.06. The zero-order valence-corrected chi connectivity index (χ0v) is 19.3. The highest BCUT2D eigenvalue weighted by Gasteiger charge is 2.30. The summed E-state index contributed by atoms with van der Waals surface area (Å²) in [6.07, 6.45) is 5.21. The van der Waals surface area contributed by atoms with E-state index in [0.29, 0.717) is 22.9 Å². The van der Waals surface area contributed by atoms with Crippen molar-refractivity contribution in [2.24, 2.45) is 5.92 Å². The fraction of sp³-hybridized carbons (Fsp3) is 0.273. The van der Waals surface area contributed by atoms with Gasteiger partial charge in [-0.05, 0) is 61.7 Å². The number of nitrogens with one attached hydrogen (secondary N) is 2. The topological polar surface area (TPSA) is 111 Å². The van der Waals surface area contributed by atoms with E-state index in [1.807, 2.05) is 12.1 Å². The van der Waals surface area contributed by atoms with Crippen molar-refractivity contribution in [3.63, 3.8) is 0 Å². The van der Waals surface area contributed by atoms with Crippen molar-refractivity contribution in [3.8, 4) is 5.75 Å². The number of ether oxygens (including phenoxy) is 1. The van der Waals surface area contributed by atoms with E-state index in [1.54, 1.807) is 50.5 Å². The molecule has 10 heteroatoms. The number of anilines is 1. The molecule has 0 aliphatic heterocycles. The van der Waals surface area contributed by atoms with E-state index in [1.165, 1.54) is 0 Å². The Morgan fingerprint density at radius 1 is 1.28 bits per heavy atom. The molecule has 2 N–H and O–H groups in total. The highest BCUT2D eigenvalue weighted by atomic mass is 32.2. The van der Waals surface area contributed by atoms with Gasteiger partial charge in [0.05, 0.1) is 7.11 Å². The summed E-state index contributed by atoms with van der Waals surface area (Å²) in [6.45, 7) is 1.91. The molecular weight excluding hydrogens is 450 g/mol. The Morgan fingerprint density at radius 2 is 2.09 bits per heavy atom. The molecule has 1 fully saturated rings. The second-order valence-electron chi connectivity index (χ2n) is 7.44. The Hall–Kier alpha value is -2.95. The highest BCUT2D eigenvalue weighted by molar-refractivity contribution is 7.91. The first-order valence-electron chi connectivity index (χ1n) is 10.0. The average Bonchev–Trinajstić information content (AvgIpc) is 3.44. The lowest BCUT2D eigenvalue weighted by atomic mass is 10.2. The third kappa shape index (κ3) is 5.26. The standard InChI is InChI=1S/C22H23N3O5S2/c1-14-21(24-22(26)16-6-7-16)19(30-25-14)10-8-18-9-11-20(31-18)32(27,28)23-13-15-4-3-5-17(12-15)29-2/h3-5,8-12,16,23H,6-7,13H2,1-2H3,(H,24,26). The first-order chi connectivity index (χ1) is 15.4. The number of rotatable bonds is 9. The van der Waals surface area contributed by atoms with Crippen molar-refractivity contribution < 1.29 is 22.5 Å². The molecule has 1 amide bonds. The molecule has 168 valence electrons. The van der Waals surface area contributed by atoms with Gasteiger partial charge in [0.15, 0.2) is 5.76 Å². The summed E-state index contributed by atoms with van der Waals surface area (Å²) >= 11 is 1.13. The Labute approximate surface area is 190 Å². The fourth-order valence-corrected chi connectivity index (χ4v) is 5.27. The van der Waals surface area contributed by atoms with Crippen molar-refractivity contribution in [3.05, 3.63) is 58.3 Å². The van der Waals surface area contributed by atoms with Gasteiger partial charge in [-0.3, -0.25) is 4.79 Å². The van der Waals surface area contributed by atoms with Gasteiger partial charge in [0.25, 0.3) is 0 Å². The van der Waals surface area contributed by atoms with Gasteiger partial charge < -0.3 is 14.6 Å². The smallest absolute Gasteiger partial charge is 0.250 e. The summed E-state index contributed by atoms with van der Waals surface area (Å²) in [4.78, 5) is 12.8. The minimum Gasteiger partial charge on any atom is -0.497 e. The molecule has 1 aliphatic carbocycles. The molecule has 1 aromatic carbocycles. The molecule has 1 saturated carbocycles. The number of benzene rings is 1. The van der Waals surface area contributed by atoms with Gasteiger partial charge in [0, 0.05) is 17.3 Å². The average molecular weight is 474 g/mol. The van der Waals surface area contributed by atoms with E-state index in [0.717, 1.165) is 34.6 Å². The number of carbonyl (C=O) groups is 1. The summed E-state index contributed by atoms with van der Waals surface area (Å²) in [7, 11) is -2.10. The number of aryl methyl sites for hydroxylation is 1. The lowest BCUT2D eigenvalue weighted by Crippen LogP contribution is -2.22. The van der Waals surface area contributed by atoms with Crippen molar-refractivity contribution >= 4 is 45.1 Å². The molecule has 0 radical (unpaired) electrons. The molecule has 2 heterocycles. The Balaban J connectivity index is 1.43. The zero-order valence-electron chi connectivity index (χ0n) is 17.6. The van der Waals surface area contributed by atoms with Crippen LogP contribution in [0.25, 0.3) is 12.2 Å². The normalized spacial score (nSPS) is 14.1. The van der Waals surface area contributed by atoms with Crippen LogP contribution in [0.4, 0.5) is 5.69 Å². The molecule has 1 aliphatic rings. The second kappa shape index (κ2) is 9.27. The van der Waals surface area contributed by atoms with Crippen molar-refractivity contribution in [1.29, 1.82) is 0 Å². The predicted molar refractivity (Wildman–Crippen MR) is 123 cm³/mol. The van der Waals surface area contributed by atoms with Crippen molar-refractivity contribution in [1.82, 2.24) is 9.88 Å². The molecule has 0 atom stereocenters. The Morgan fingerprint density at radius 3 is 2.84 bits per heavy atom. The van der Waals surface area contributed by atoms with Gasteiger partial charge in [-0.15, -0.1) is 11.3 Å².